The number of ether oxygens (including phenoxy) is 1. The number of nitrogens with one attached hydrogen (secondary N) is 1. The van der Waals surface area contributed by atoms with Gasteiger partial charge in [-0.1, -0.05) is 50.2 Å². The summed E-state index contributed by atoms with van der Waals surface area (Å²) in [5, 5.41) is 28.1. The zero-order chi connectivity index (χ0) is 27.1. The van der Waals surface area contributed by atoms with E-state index in [-0.39, 0.29) is 23.9 Å². The molecule has 3 N–H and O–H groups in total. The van der Waals surface area contributed by atoms with Crippen LogP contribution in [0.3, 0.4) is 0 Å². The molecule has 1 aromatic heterocycles. The Hall–Kier alpha value is -3.88. The van der Waals surface area contributed by atoms with Crippen LogP contribution in [0.1, 0.15) is 47.9 Å². The lowest BCUT2D eigenvalue weighted by molar-refractivity contribution is -0.126. The van der Waals surface area contributed by atoms with E-state index in [1.807, 2.05) is 24.3 Å². The Balaban J connectivity index is 1.56. The molecule has 1 aliphatic heterocycles. The summed E-state index contributed by atoms with van der Waals surface area (Å²) in [6.45, 7) is 5.04. The molecule has 198 valence electrons. The summed E-state index contributed by atoms with van der Waals surface area (Å²) in [5.41, 5.74) is 4.19. The molecular weight excluding hydrogens is 480 g/mol. The summed E-state index contributed by atoms with van der Waals surface area (Å²) in [6, 6.07) is 19.2. The molecule has 4 rings (SSSR count). The third-order valence-electron chi connectivity index (χ3n) is 6.62. The molecule has 0 saturated heterocycles. The highest BCUT2D eigenvalue weighted by Crippen LogP contribution is 2.28. The minimum Gasteiger partial charge on any atom is -0.489 e. The molecule has 0 bridgehead atoms. The first kappa shape index (κ1) is 27.2. The number of benzene rings is 2. The molecule has 3 aromatic rings. The summed E-state index contributed by atoms with van der Waals surface area (Å²) < 4.78 is 5.99. The first-order valence-electron chi connectivity index (χ1n) is 12.8. The van der Waals surface area contributed by atoms with Crippen molar-refractivity contribution in [3.63, 3.8) is 0 Å². The van der Waals surface area contributed by atoms with Crippen LogP contribution >= 0.6 is 0 Å². The van der Waals surface area contributed by atoms with E-state index in [0.29, 0.717) is 36.9 Å². The van der Waals surface area contributed by atoms with Gasteiger partial charge in [0.25, 0.3) is 5.91 Å². The van der Waals surface area contributed by atoms with Gasteiger partial charge in [-0.25, -0.2) is 0 Å². The van der Waals surface area contributed by atoms with Gasteiger partial charge in [0.2, 0.25) is 0 Å². The van der Waals surface area contributed by atoms with Gasteiger partial charge in [0.1, 0.15) is 18.1 Å². The number of aromatic nitrogens is 1. The van der Waals surface area contributed by atoms with Crippen LogP contribution in [0.25, 0.3) is 0 Å². The highest BCUT2D eigenvalue weighted by molar-refractivity contribution is 6.46. The van der Waals surface area contributed by atoms with Gasteiger partial charge in [-0.2, -0.15) is 0 Å². The van der Waals surface area contributed by atoms with Gasteiger partial charge in [-0.15, -0.1) is 0 Å². The molecule has 1 amide bonds. The van der Waals surface area contributed by atoms with Crippen LogP contribution in [0.5, 0.6) is 5.75 Å². The molecule has 2 aromatic carbocycles. The first-order chi connectivity index (χ1) is 18.4. The fraction of sp³-hybridized carbons (Fsp3) is 0.333. The van der Waals surface area contributed by atoms with E-state index in [1.165, 1.54) is 10.5 Å². The Kier molecular flexibility index (Phi) is 8.99. The molecule has 2 heterocycles. The fourth-order valence-electron chi connectivity index (χ4n) is 4.40. The standard InChI is InChI=1S/C30H34N4O4/c1-20(2)22-5-3-21(4-6-22)19-38-26-9-7-23(8-10-26)27(28(31)24-11-13-32-14-12-24)29-30(37)34(16-15-33-29)17-25(36)18-35/h3-14,20,25,27,31,35-36H,15-19H2,1-2H3. The second-order valence-electron chi connectivity index (χ2n) is 9.69. The molecule has 8 heteroatoms. The van der Waals surface area contributed by atoms with E-state index in [1.54, 1.807) is 24.5 Å². The highest BCUT2D eigenvalue weighted by atomic mass is 16.5. The second-order valence-corrected chi connectivity index (χ2v) is 9.69. The van der Waals surface area contributed by atoms with E-state index < -0.39 is 18.6 Å². The molecule has 0 aliphatic carbocycles. The maximum Gasteiger partial charge on any atom is 0.268 e. The van der Waals surface area contributed by atoms with Crippen molar-refractivity contribution < 1.29 is 19.7 Å². The van der Waals surface area contributed by atoms with Crippen LogP contribution in [-0.2, 0) is 11.4 Å². The molecule has 2 atom stereocenters. The van der Waals surface area contributed by atoms with Gasteiger partial charge < -0.3 is 25.3 Å². The number of carbonyl (C=O) groups is 1. The summed E-state index contributed by atoms with van der Waals surface area (Å²) in [6.07, 6.45) is 2.19. The van der Waals surface area contributed by atoms with Crippen molar-refractivity contribution in [2.75, 3.05) is 26.2 Å². The summed E-state index contributed by atoms with van der Waals surface area (Å²) >= 11 is 0. The van der Waals surface area contributed by atoms with Crippen LogP contribution in [-0.4, -0.2) is 69.8 Å². The quantitative estimate of drug-likeness (QED) is 0.338. The molecule has 0 saturated carbocycles. The number of aliphatic hydroxyl groups is 2. The van der Waals surface area contributed by atoms with Crippen molar-refractivity contribution in [1.29, 1.82) is 5.41 Å². The number of carbonyl (C=O) groups excluding carboxylic acids is 1. The topological polar surface area (TPSA) is 119 Å². The number of nitrogens with zero attached hydrogens (tertiary/aromatic N) is 3. The smallest absolute Gasteiger partial charge is 0.268 e. The molecule has 8 nitrogen and oxygen atoms in total. The number of rotatable bonds is 11. The maximum absolute atomic E-state index is 13.4. The zero-order valence-corrected chi connectivity index (χ0v) is 21.7. The van der Waals surface area contributed by atoms with Crippen molar-refractivity contribution in [1.82, 2.24) is 9.88 Å². The van der Waals surface area contributed by atoms with Gasteiger partial charge in [0, 0.05) is 25.5 Å². The number of hydrogen-bond acceptors (Lipinski definition) is 7. The van der Waals surface area contributed by atoms with Crippen molar-refractivity contribution in [2.24, 2.45) is 4.99 Å². The van der Waals surface area contributed by atoms with E-state index in [0.717, 1.165) is 11.1 Å². The second kappa shape index (κ2) is 12.6. The van der Waals surface area contributed by atoms with Gasteiger partial charge in [0.15, 0.2) is 0 Å². The average molecular weight is 515 g/mol. The molecule has 38 heavy (non-hydrogen) atoms. The molecule has 0 radical (unpaired) electrons. The van der Waals surface area contributed by atoms with E-state index >= 15 is 0 Å². The number of aliphatic imine (C=N–C) groups is 1. The van der Waals surface area contributed by atoms with Crippen molar-refractivity contribution in [2.45, 2.75) is 38.4 Å². The number of hydrogen-bond donors (Lipinski definition) is 3. The van der Waals surface area contributed by atoms with Crippen LogP contribution in [0.4, 0.5) is 0 Å². The number of amides is 1. The monoisotopic (exact) mass is 514 g/mol. The summed E-state index contributed by atoms with van der Waals surface area (Å²) in [4.78, 5) is 23.4. The van der Waals surface area contributed by atoms with Gasteiger partial charge >= 0.3 is 0 Å². The SMILES string of the molecule is CC(C)c1ccc(COc2ccc(C(C(=N)c3ccncc3)C3=NCCN(CC(O)CO)C3=O)cc2)cc1. The van der Waals surface area contributed by atoms with Crippen molar-refractivity contribution >= 4 is 17.3 Å². The lowest BCUT2D eigenvalue weighted by Gasteiger charge is -2.31. The number of β-amino-alcohol motifs (C(OH)–C–C–N with tert-alkyl or cyclic N) is 1. The summed E-state index contributed by atoms with van der Waals surface area (Å²) in [5.74, 6) is 0.0959. The van der Waals surface area contributed by atoms with E-state index in [2.05, 4.69) is 48.1 Å². The Morgan fingerprint density at radius 1 is 1.03 bits per heavy atom. The zero-order valence-electron chi connectivity index (χ0n) is 21.7. The first-order valence-corrected chi connectivity index (χ1v) is 12.8. The fourth-order valence-corrected chi connectivity index (χ4v) is 4.40. The van der Waals surface area contributed by atoms with E-state index in [9.17, 15) is 15.0 Å². The van der Waals surface area contributed by atoms with Crippen LogP contribution in [0, 0.1) is 5.41 Å². The van der Waals surface area contributed by atoms with E-state index in [4.69, 9.17) is 10.1 Å². The predicted molar refractivity (Wildman–Crippen MR) is 147 cm³/mol. The maximum atomic E-state index is 13.4. The molecule has 0 fully saturated rings. The van der Waals surface area contributed by atoms with Crippen molar-refractivity contribution in [3.05, 3.63) is 95.3 Å². The summed E-state index contributed by atoms with van der Waals surface area (Å²) in [7, 11) is 0. The van der Waals surface area contributed by atoms with Crippen LogP contribution < -0.4 is 4.74 Å². The molecule has 2 unspecified atom stereocenters. The third-order valence-corrected chi connectivity index (χ3v) is 6.62. The molecule has 1 aliphatic rings. The Bertz CT molecular complexity index is 1260. The van der Waals surface area contributed by atoms with Gasteiger partial charge in [-0.3, -0.25) is 14.8 Å². The largest absolute Gasteiger partial charge is 0.489 e. The Labute approximate surface area is 223 Å². The van der Waals surface area contributed by atoms with Crippen LogP contribution in [0.2, 0.25) is 0 Å². The van der Waals surface area contributed by atoms with Gasteiger partial charge in [0.05, 0.1) is 30.9 Å². The molecular formula is C30H34N4O4. The average Bonchev–Trinajstić information content (AvgIpc) is 2.95. The normalized spacial score (nSPS) is 15.2. The highest BCUT2D eigenvalue weighted by Gasteiger charge is 2.34. The Morgan fingerprint density at radius 2 is 1.68 bits per heavy atom. The number of aliphatic hydroxyl groups excluding tert-OH is 2. The molecule has 0 spiro atoms. The lowest BCUT2D eigenvalue weighted by atomic mass is 9.85. The Morgan fingerprint density at radius 3 is 2.32 bits per heavy atom. The lowest BCUT2D eigenvalue weighted by Crippen LogP contribution is -2.48. The van der Waals surface area contributed by atoms with Gasteiger partial charge in [-0.05, 0) is 52.4 Å². The third kappa shape index (κ3) is 6.51. The van der Waals surface area contributed by atoms with Crippen molar-refractivity contribution in [3.8, 4) is 5.75 Å². The predicted octanol–water partition coefficient (Wildman–Crippen LogP) is 3.57. The minimum absolute atomic E-state index is 0.00852. The number of pyridine rings is 1. The minimum atomic E-state index is -1.03. The van der Waals surface area contributed by atoms with Crippen LogP contribution in [0.15, 0.2) is 78.0 Å².